The van der Waals surface area contributed by atoms with Crippen molar-refractivity contribution in [3.05, 3.63) is 0 Å². The van der Waals surface area contributed by atoms with Crippen LogP contribution in [0.15, 0.2) is 0 Å². The molecule has 4 heteroatoms. The molecule has 1 unspecified atom stereocenters. The summed E-state index contributed by atoms with van der Waals surface area (Å²) in [5.74, 6) is -1.07. The van der Waals surface area contributed by atoms with Gasteiger partial charge >= 0.3 is 5.97 Å². The van der Waals surface area contributed by atoms with Crippen molar-refractivity contribution in [2.75, 3.05) is 26.7 Å². The van der Waals surface area contributed by atoms with Crippen LogP contribution >= 0.6 is 0 Å². The molecule has 0 aliphatic carbocycles. The number of carboxylic acids is 1. The fourth-order valence-corrected chi connectivity index (χ4v) is 1.41. The lowest BCUT2D eigenvalue weighted by Gasteiger charge is -2.29. The van der Waals surface area contributed by atoms with E-state index in [9.17, 15) is 4.79 Å². The van der Waals surface area contributed by atoms with Crippen LogP contribution in [0.5, 0.6) is 0 Å². The van der Waals surface area contributed by atoms with Crippen LogP contribution in [0.1, 0.15) is 20.8 Å². The normalized spacial score (nSPS) is 14.4. The van der Waals surface area contributed by atoms with Crippen LogP contribution in [0, 0.1) is 11.3 Å². The van der Waals surface area contributed by atoms with Gasteiger partial charge in [-0.15, -0.1) is 0 Å². The third kappa shape index (κ3) is 5.19. The Morgan fingerprint density at radius 2 is 2.07 bits per heavy atom. The van der Waals surface area contributed by atoms with Gasteiger partial charge in [0.15, 0.2) is 0 Å². The smallest absolute Gasteiger partial charge is 0.307 e. The van der Waals surface area contributed by atoms with Crippen molar-refractivity contribution in [3.8, 4) is 0 Å². The first-order valence-corrected chi connectivity index (χ1v) is 4.90. The molecule has 0 radical (unpaired) electrons. The van der Waals surface area contributed by atoms with Gasteiger partial charge < -0.3 is 15.7 Å². The standard InChI is InChI=1S/C10H22N2O2/c1-8(9(13)14)5-12(4)7-10(2,3)6-11/h8H,5-7,11H2,1-4H3,(H,13,14). The Morgan fingerprint density at radius 1 is 1.57 bits per heavy atom. The van der Waals surface area contributed by atoms with Gasteiger partial charge in [-0.1, -0.05) is 20.8 Å². The van der Waals surface area contributed by atoms with Crippen molar-refractivity contribution in [1.29, 1.82) is 0 Å². The molecule has 0 heterocycles. The van der Waals surface area contributed by atoms with Crippen LogP contribution in [0.4, 0.5) is 0 Å². The van der Waals surface area contributed by atoms with E-state index in [1.165, 1.54) is 0 Å². The molecule has 0 aromatic rings. The van der Waals surface area contributed by atoms with E-state index >= 15 is 0 Å². The van der Waals surface area contributed by atoms with Crippen LogP contribution in [-0.4, -0.2) is 42.7 Å². The molecule has 0 aromatic carbocycles. The molecule has 4 nitrogen and oxygen atoms in total. The molecule has 0 rings (SSSR count). The highest BCUT2D eigenvalue weighted by Crippen LogP contribution is 2.14. The van der Waals surface area contributed by atoms with E-state index < -0.39 is 5.97 Å². The van der Waals surface area contributed by atoms with Gasteiger partial charge in [-0.2, -0.15) is 0 Å². The average molecular weight is 202 g/mol. The number of aliphatic carboxylic acids is 1. The van der Waals surface area contributed by atoms with Gasteiger partial charge in [-0.05, 0) is 19.0 Å². The topological polar surface area (TPSA) is 66.6 Å². The van der Waals surface area contributed by atoms with Crippen molar-refractivity contribution in [2.45, 2.75) is 20.8 Å². The number of nitrogens with zero attached hydrogens (tertiary/aromatic N) is 1. The first-order chi connectivity index (χ1) is 6.28. The SMILES string of the molecule is CC(CN(C)CC(C)(C)CN)C(=O)O. The lowest BCUT2D eigenvalue weighted by atomic mass is 9.93. The Hall–Kier alpha value is -0.610. The summed E-state index contributed by atoms with van der Waals surface area (Å²) < 4.78 is 0. The molecule has 1 atom stereocenters. The summed E-state index contributed by atoms with van der Waals surface area (Å²) in [4.78, 5) is 12.6. The third-order valence-electron chi connectivity index (χ3n) is 2.26. The van der Waals surface area contributed by atoms with Crippen molar-refractivity contribution < 1.29 is 9.90 Å². The minimum atomic E-state index is -0.748. The second-order valence-electron chi connectivity index (χ2n) is 4.80. The Balaban J connectivity index is 3.98. The van der Waals surface area contributed by atoms with E-state index in [0.29, 0.717) is 13.1 Å². The Bertz CT molecular complexity index is 193. The lowest BCUT2D eigenvalue weighted by molar-refractivity contribution is -0.141. The molecule has 0 aliphatic rings. The first-order valence-electron chi connectivity index (χ1n) is 4.90. The van der Waals surface area contributed by atoms with Crippen LogP contribution in [-0.2, 0) is 4.79 Å². The van der Waals surface area contributed by atoms with Gasteiger partial charge in [0, 0.05) is 13.1 Å². The second kappa shape index (κ2) is 5.32. The summed E-state index contributed by atoms with van der Waals surface area (Å²) in [7, 11) is 1.93. The molecular weight excluding hydrogens is 180 g/mol. The fraction of sp³-hybridized carbons (Fsp3) is 0.900. The fourth-order valence-electron chi connectivity index (χ4n) is 1.41. The second-order valence-corrected chi connectivity index (χ2v) is 4.80. The Labute approximate surface area is 86.1 Å². The van der Waals surface area contributed by atoms with E-state index in [2.05, 4.69) is 13.8 Å². The predicted octanol–water partition coefficient (Wildman–Crippen LogP) is 0.624. The van der Waals surface area contributed by atoms with Gasteiger partial charge in [0.25, 0.3) is 0 Å². The molecule has 0 fully saturated rings. The maximum absolute atomic E-state index is 10.6. The van der Waals surface area contributed by atoms with E-state index in [1.54, 1.807) is 6.92 Å². The molecule has 0 saturated heterocycles. The summed E-state index contributed by atoms with van der Waals surface area (Å²) in [6, 6.07) is 0. The molecule has 0 amide bonds. The number of carboxylic acid groups (broad SMARTS) is 1. The van der Waals surface area contributed by atoms with E-state index in [4.69, 9.17) is 10.8 Å². The highest BCUT2D eigenvalue weighted by Gasteiger charge is 2.20. The number of carbonyl (C=O) groups is 1. The number of hydrogen-bond acceptors (Lipinski definition) is 3. The Morgan fingerprint density at radius 3 is 2.43 bits per heavy atom. The molecule has 3 N–H and O–H groups in total. The van der Waals surface area contributed by atoms with Gasteiger partial charge in [0.2, 0.25) is 0 Å². The highest BCUT2D eigenvalue weighted by molar-refractivity contribution is 5.69. The van der Waals surface area contributed by atoms with Crippen LogP contribution in [0.25, 0.3) is 0 Å². The van der Waals surface area contributed by atoms with Crippen molar-refractivity contribution in [3.63, 3.8) is 0 Å². The summed E-state index contributed by atoms with van der Waals surface area (Å²) in [5.41, 5.74) is 5.65. The number of hydrogen-bond donors (Lipinski definition) is 2. The summed E-state index contributed by atoms with van der Waals surface area (Å²) in [6.07, 6.45) is 0. The summed E-state index contributed by atoms with van der Waals surface area (Å²) in [5, 5.41) is 8.74. The van der Waals surface area contributed by atoms with E-state index in [0.717, 1.165) is 6.54 Å². The maximum atomic E-state index is 10.6. The zero-order valence-corrected chi connectivity index (χ0v) is 9.58. The minimum absolute atomic E-state index is 0.0486. The van der Waals surface area contributed by atoms with Crippen molar-refractivity contribution in [2.24, 2.45) is 17.1 Å². The molecule has 0 spiro atoms. The summed E-state index contributed by atoms with van der Waals surface area (Å²) in [6.45, 7) is 7.87. The molecule has 0 bridgehead atoms. The molecule has 0 aromatic heterocycles. The molecule has 14 heavy (non-hydrogen) atoms. The highest BCUT2D eigenvalue weighted by atomic mass is 16.4. The zero-order valence-electron chi connectivity index (χ0n) is 9.58. The predicted molar refractivity (Wildman–Crippen MR) is 57.1 cm³/mol. The van der Waals surface area contributed by atoms with Crippen molar-refractivity contribution >= 4 is 5.97 Å². The average Bonchev–Trinajstić information content (AvgIpc) is 2.02. The first kappa shape index (κ1) is 13.4. The quantitative estimate of drug-likeness (QED) is 0.663. The lowest BCUT2D eigenvalue weighted by Crippen LogP contribution is -2.39. The van der Waals surface area contributed by atoms with Gasteiger partial charge in [-0.3, -0.25) is 4.79 Å². The minimum Gasteiger partial charge on any atom is -0.481 e. The largest absolute Gasteiger partial charge is 0.481 e. The van der Waals surface area contributed by atoms with Crippen LogP contribution in [0.2, 0.25) is 0 Å². The van der Waals surface area contributed by atoms with E-state index in [1.807, 2.05) is 11.9 Å². The number of nitrogens with two attached hydrogens (primary N) is 1. The van der Waals surface area contributed by atoms with Gasteiger partial charge in [0.05, 0.1) is 5.92 Å². The molecule has 84 valence electrons. The van der Waals surface area contributed by atoms with Gasteiger partial charge in [0.1, 0.15) is 0 Å². The maximum Gasteiger partial charge on any atom is 0.307 e. The third-order valence-corrected chi connectivity index (χ3v) is 2.26. The summed E-state index contributed by atoms with van der Waals surface area (Å²) >= 11 is 0. The monoisotopic (exact) mass is 202 g/mol. The number of rotatable bonds is 6. The zero-order chi connectivity index (χ0) is 11.4. The van der Waals surface area contributed by atoms with Crippen molar-refractivity contribution in [1.82, 2.24) is 4.90 Å². The van der Waals surface area contributed by atoms with Crippen LogP contribution < -0.4 is 5.73 Å². The molecule has 0 aliphatic heterocycles. The van der Waals surface area contributed by atoms with Gasteiger partial charge in [-0.25, -0.2) is 0 Å². The molecule has 0 saturated carbocycles. The van der Waals surface area contributed by atoms with E-state index in [-0.39, 0.29) is 11.3 Å². The Kier molecular flexibility index (Phi) is 5.08. The molecular formula is C10H22N2O2. The van der Waals surface area contributed by atoms with Crippen LogP contribution in [0.3, 0.4) is 0 Å².